The summed E-state index contributed by atoms with van der Waals surface area (Å²) < 4.78 is 5.53. The van der Waals surface area contributed by atoms with Gasteiger partial charge in [-0.05, 0) is 49.9 Å². The minimum Gasteiger partial charge on any atom is -0.493 e. The van der Waals surface area contributed by atoms with Crippen molar-refractivity contribution in [3.63, 3.8) is 0 Å². The van der Waals surface area contributed by atoms with Crippen LogP contribution in [0.4, 0.5) is 0 Å². The van der Waals surface area contributed by atoms with Crippen molar-refractivity contribution in [1.29, 1.82) is 0 Å². The number of hydrogen-bond acceptors (Lipinski definition) is 3. The number of nitrogens with zero attached hydrogens (tertiary/aromatic N) is 1. The van der Waals surface area contributed by atoms with Gasteiger partial charge in [-0.25, -0.2) is 0 Å². The average molecular weight is 289 g/mol. The van der Waals surface area contributed by atoms with E-state index in [2.05, 4.69) is 30.0 Å². The highest BCUT2D eigenvalue weighted by molar-refractivity contribution is 5.70. The van der Waals surface area contributed by atoms with Gasteiger partial charge in [-0.2, -0.15) is 0 Å². The largest absolute Gasteiger partial charge is 0.493 e. The molecule has 2 heterocycles. The fraction of sp³-hybridized carbons (Fsp3) is 0.588. The van der Waals surface area contributed by atoms with Crippen molar-refractivity contribution in [3.8, 4) is 5.75 Å². The van der Waals surface area contributed by atoms with Crippen molar-refractivity contribution < 1.29 is 14.6 Å². The summed E-state index contributed by atoms with van der Waals surface area (Å²) in [5.74, 6) is 0.239. The third-order valence-corrected chi connectivity index (χ3v) is 4.80. The lowest BCUT2D eigenvalue weighted by Crippen LogP contribution is -2.43. The molecule has 1 aromatic carbocycles. The molecule has 3 rings (SSSR count). The first kappa shape index (κ1) is 14.4. The molecule has 0 amide bonds. The molecule has 4 nitrogen and oxygen atoms in total. The summed E-state index contributed by atoms with van der Waals surface area (Å²) in [6, 6.07) is 6.85. The normalized spacial score (nSPS) is 25.4. The number of aliphatic carboxylic acids is 1. The molecule has 0 aliphatic carbocycles. The van der Waals surface area contributed by atoms with E-state index in [1.54, 1.807) is 0 Å². The molecule has 2 aliphatic rings. The minimum atomic E-state index is -0.639. The Kier molecular flexibility index (Phi) is 4.15. The van der Waals surface area contributed by atoms with Crippen LogP contribution in [0.15, 0.2) is 18.2 Å². The lowest BCUT2D eigenvalue weighted by atomic mass is 9.91. The molecule has 0 aromatic heterocycles. The van der Waals surface area contributed by atoms with Crippen LogP contribution in [-0.2, 0) is 17.6 Å². The van der Waals surface area contributed by atoms with Crippen LogP contribution < -0.4 is 4.74 Å². The van der Waals surface area contributed by atoms with E-state index in [1.807, 2.05) is 0 Å². The maximum Gasteiger partial charge on any atom is 0.306 e. The third kappa shape index (κ3) is 3.21. The molecule has 0 spiro atoms. The zero-order chi connectivity index (χ0) is 14.8. The van der Waals surface area contributed by atoms with Gasteiger partial charge >= 0.3 is 5.97 Å². The third-order valence-electron chi connectivity index (χ3n) is 4.80. The SMILES string of the molecule is CC1CC(C(=O)O)CCN1CCc1ccc2c(c1)CCO2. The van der Waals surface area contributed by atoms with Crippen LogP contribution in [0.25, 0.3) is 0 Å². The predicted octanol–water partition coefficient (Wildman–Crippen LogP) is 2.35. The van der Waals surface area contributed by atoms with E-state index in [1.165, 1.54) is 11.1 Å². The van der Waals surface area contributed by atoms with Crippen LogP contribution in [0.1, 0.15) is 30.9 Å². The van der Waals surface area contributed by atoms with E-state index in [9.17, 15) is 4.79 Å². The Morgan fingerprint density at radius 3 is 3.10 bits per heavy atom. The van der Waals surface area contributed by atoms with Gasteiger partial charge < -0.3 is 14.7 Å². The monoisotopic (exact) mass is 289 g/mol. The minimum absolute atomic E-state index is 0.159. The standard InChI is InChI=1S/C17H23NO3/c1-12-10-15(17(19)20)5-8-18(12)7-4-13-2-3-16-14(11-13)6-9-21-16/h2-3,11-12,15H,4-10H2,1H3,(H,19,20). The van der Waals surface area contributed by atoms with Crippen molar-refractivity contribution in [2.75, 3.05) is 19.7 Å². The lowest BCUT2D eigenvalue weighted by molar-refractivity contribution is -0.144. The van der Waals surface area contributed by atoms with Crippen molar-refractivity contribution in [2.24, 2.45) is 5.92 Å². The fourth-order valence-electron chi connectivity index (χ4n) is 3.45. The van der Waals surface area contributed by atoms with Crippen LogP contribution in [0.5, 0.6) is 5.75 Å². The smallest absolute Gasteiger partial charge is 0.306 e. The topological polar surface area (TPSA) is 49.8 Å². The summed E-state index contributed by atoms with van der Waals surface area (Å²) in [5, 5.41) is 9.11. The van der Waals surface area contributed by atoms with E-state index in [-0.39, 0.29) is 5.92 Å². The number of ether oxygens (including phenoxy) is 1. The molecular formula is C17H23NO3. The maximum atomic E-state index is 11.1. The number of rotatable bonds is 4. The Bertz CT molecular complexity index is 529. The van der Waals surface area contributed by atoms with Gasteiger partial charge in [0, 0.05) is 19.0 Å². The zero-order valence-corrected chi connectivity index (χ0v) is 12.5. The van der Waals surface area contributed by atoms with Crippen molar-refractivity contribution in [2.45, 2.75) is 38.6 Å². The molecule has 0 saturated carbocycles. The Morgan fingerprint density at radius 2 is 2.33 bits per heavy atom. The fourth-order valence-corrected chi connectivity index (χ4v) is 3.45. The van der Waals surface area contributed by atoms with Crippen molar-refractivity contribution in [1.82, 2.24) is 4.90 Å². The Balaban J connectivity index is 1.55. The number of piperidine rings is 1. The first-order valence-electron chi connectivity index (χ1n) is 7.85. The van der Waals surface area contributed by atoms with Crippen LogP contribution in [0.2, 0.25) is 0 Å². The second kappa shape index (κ2) is 6.06. The molecule has 1 fully saturated rings. The molecular weight excluding hydrogens is 266 g/mol. The number of carboxylic acids is 1. The molecule has 1 saturated heterocycles. The second-order valence-electron chi connectivity index (χ2n) is 6.24. The van der Waals surface area contributed by atoms with Crippen molar-refractivity contribution in [3.05, 3.63) is 29.3 Å². The van der Waals surface area contributed by atoms with Crippen LogP contribution in [0.3, 0.4) is 0 Å². The number of carbonyl (C=O) groups is 1. The van der Waals surface area contributed by atoms with Gasteiger partial charge in [0.15, 0.2) is 0 Å². The summed E-state index contributed by atoms with van der Waals surface area (Å²) in [6.07, 6.45) is 3.59. The van der Waals surface area contributed by atoms with E-state index in [0.717, 1.165) is 51.1 Å². The highest BCUT2D eigenvalue weighted by atomic mass is 16.5. The molecule has 2 aliphatic heterocycles. The molecule has 2 atom stereocenters. The number of benzene rings is 1. The molecule has 114 valence electrons. The van der Waals surface area contributed by atoms with E-state index in [0.29, 0.717) is 6.04 Å². The van der Waals surface area contributed by atoms with Gasteiger partial charge in [0.05, 0.1) is 12.5 Å². The summed E-state index contributed by atoms with van der Waals surface area (Å²) >= 11 is 0. The molecule has 4 heteroatoms. The number of hydrogen-bond donors (Lipinski definition) is 1. The second-order valence-corrected chi connectivity index (χ2v) is 6.24. The maximum absolute atomic E-state index is 11.1. The van der Waals surface area contributed by atoms with Crippen molar-refractivity contribution >= 4 is 5.97 Å². The molecule has 0 bridgehead atoms. The molecule has 21 heavy (non-hydrogen) atoms. The van der Waals surface area contributed by atoms with Gasteiger partial charge in [0.1, 0.15) is 5.75 Å². The molecule has 0 radical (unpaired) electrons. The van der Waals surface area contributed by atoms with Crippen LogP contribution in [-0.4, -0.2) is 41.7 Å². The quantitative estimate of drug-likeness (QED) is 0.924. The summed E-state index contributed by atoms with van der Waals surface area (Å²) in [7, 11) is 0. The van der Waals surface area contributed by atoms with E-state index >= 15 is 0 Å². The van der Waals surface area contributed by atoms with E-state index in [4.69, 9.17) is 9.84 Å². The van der Waals surface area contributed by atoms with Gasteiger partial charge in [-0.3, -0.25) is 4.79 Å². The summed E-state index contributed by atoms with van der Waals surface area (Å²) in [5.41, 5.74) is 2.68. The molecule has 1 aromatic rings. The average Bonchev–Trinajstić information content (AvgIpc) is 2.93. The van der Waals surface area contributed by atoms with Gasteiger partial charge in [-0.1, -0.05) is 12.1 Å². The van der Waals surface area contributed by atoms with Crippen LogP contribution in [0, 0.1) is 5.92 Å². The highest BCUT2D eigenvalue weighted by Gasteiger charge is 2.29. The first-order chi connectivity index (χ1) is 10.1. The first-order valence-corrected chi connectivity index (χ1v) is 7.85. The van der Waals surface area contributed by atoms with Crippen LogP contribution >= 0.6 is 0 Å². The van der Waals surface area contributed by atoms with Gasteiger partial charge in [0.25, 0.3) is 0 Å². The number of likely N-dealkylation sites (tertiary alicyclic amines) is 1. The zero-order valence-electron chi connectivity index (χ0n) is 12.5. The summed E-state index contributed by atoms with van der Waals surface area (Å²) in [4.78, 5) is 13.5. The Labute approximate surface area is 125 Å². The van der Waals surface area contributed by atoms with E-state index < -0.39 is 5.97 Å². The Morgan fingerprint density at radius 1 is 1.48 bits per heavy atom. The molecule has 2 unspecified atom stereocenters. The summed E-state index contributed by atoms with van der Waals surface area (Å²) in [6.45, 7) is 4.85. The number of carboxylic acid groups (broad SMARTS) is 1. The lowest BCUT2D eigenvalue weighted by Gasteiger charge is -2.36. The number of fused-ring (bicyclic) bond motifs is 1. The highest BCUT2D eigenvalue weighted by Crippen LogP contribution is 2.27. The Hall–Kier alpha value is -1.55. The van der Waals surface area contributed by atoms with Gasteiger partial charge in [0.2, 0.25) is 0 Å². The molecule has 1 N–H and O–H groups in total. The van der Waals surface area contributed by atoms with Gasteiger partial charge in [-0.15, -0.1) is 0 Å². The predicted molar refractivity (Wildman–Crippen MR) is 80.7 cm³/mol.